The van der Waals surface area contributed by atoms with Crippen molar-refractivity contribution in [3.8, 4) is 0 Å². The molecule has 2 rings (SSSR count). The molecule has 6 nitrogen and oxygen atoms in total. The Labute approximate surface area is 134 Å². The molecule has 1 fully saturated rings. The van der Waals surface area contributed by atoms with Crippen LogP contribution >= 0.6 is 11.3 Å². The molecule has 0 saturated carbocycles. The molecule has 0 bridgehead atoms. The lowest BCUT2D eigenvalue weighted by Gasteiger charge is -2.27. The van der Waals surface area contributed by atoms with Crippen molar-refractivity contribution >= 4 is 23.2 Å². The van der Waals surface area contributed by atoms with E-state index >= 15 is 0 Å². The van der Waals surface area contributed by atoms with Crippen LogP contribution in [0.3, 0.4) is 0 Å². The van der Waals surface area contributed by atoms with Crippen molar-refractivity contribution in [2.45, 2.75) is 18.9 Å². The Bertz CT molecular complexity index is 472. The van der Waals surface area contributed by atoms with Crippen molar-refractivity contribution in [1.82, 2.24) is 15.5 Å². The van der Waals surface area contributed by atoms with Gasteiger partial charge in [0.1, 0.15) is 0 Å². The number of nitrogens with zero attached hydrogens (tertiary/aromatic N) is 1. The zero-order valence-corrected chi connectivity index (χ0v) is 13.7. The molecule has 2 N–H and O–H groups in total. The van der Waals surface area contributed by atoms with Gasteiger partial charge in [-0.1, -0.05) is 0 Å². The Hall–Kier alpha value is -1.44. The summed E-state index contributed by atoms with van der Waals surface area (Å²) in [4.78, 5) is 25.9. The van der Waals surface area contributed by atoms with E-state index in [1.807, 2.05) is 5.38 Å². The molecule has 1 unspecified atom stereocenters. The van der Waals surface area contributed by atoms with E-state index in [0.717, 1.165) is 13.1 Å². The fraction of sp³-hybridized carbons (Fsp3) is 0.600. The number of methoxy groups -OCH3 is 1. The third kappa shape index (κ3) is 4.79. The first-order valence-electron chi connectivity index (χ1n) is 7.53. The van der Waals surface area contributed by atoms with Crippen LogP contribution in [0.5, 0.6) is 0 Å². The van der Waals surface area contributed by atoms with E-state index in [-0.39, 0.29) is 6.04 Å². The highest BCUT2D eigenvalue weighted by atomic mass is 32.1. The third-order valence-corrected chi connectivity index (χ3v) is 4.46. The monoisotopic (exact) mass is 325 g/mol. The Morgan fingerprint density at radius 1 is 1.32 bits per heavy atom. The number of carbonyl (C=O) groups excluding carboxylic acids is 2. The minimum Gasteiger partial charge on any atom is -0.383 e. The second-order valence-corrected chi connectivity index (χ2v) is 6.05. The number of rotatable bonds is 7. The van der Waals surface area contributed by atoms with Gasteiger partial charge in [-0.15, -0.1) is 0 Å². The normalized spacial score (nSPS) is 16.4. The van der Waals surface area contributed by atoms with Crippen LogP contribution in [0.2, 0.25) is 0 Å². The Morgan fingerprint density at radius 3 is 2.68 bits per heavy atom. The molecule has 122 valence electrons. The molecule has 0 radical (unpaired) electrons. The zero-order chi connectivity index (χ0) is 15.8. The topological polar surface area (TPSA) is 70.7 Å². The number of nitrogens with one attached hydrogen (secondary N) is 2. The van der Waals surface area contributed by atoms with E-state index in [1.165, 1.54) is 18.4 Å². The zero-order valence-electron chi connectivity index (χ0n) is 12.8. The molecule has 1 aliphatic rings. The molecule has 0 aromatic carbocycles. The lowest BCUT2D eigenvalue weighted by Crippen LogP contribution is -2.44. The number of likely N-dealkylation sites (tertiary alicyclic amines) is 1. The maximum absolute atomic E-state index is 11.8. The molecule has 1 aliphatic heterocycles. The van der Waals surface area contributed by atoms with Gasteiger partial charge in [0, 0.05) is 20.2 Å². The molecule has 1 aromatic heterocycles. The SMILES string of the molecule is COCCNC(=O)C(=O)NCC(c1ccsc1)N1CCCC1. The molecule has 2 heterocycles. The van der Waals surface area contributed by atoms with Gasteiger partial charge in [0.05, 0.1) is 12.6 Å². The summed E-state index contributed by atoms with van der Waals surface area (Å²) in [6, 6.07) is 2.22. The molecular formula is C15H23N3O3S. The average Bonchev–Trinajstić information content (AvgIpc) is 3.21. The van der Waals surface area contributed by atoms with Crippen molar-refractivity contribution in [2.24, 2.45) is 0 Å². The summed E-state index contributed by atoms with van der Waals surface area (Å²) in [6.07, 6.45) is 2.37. The van der Waals surface area contributed by atoms with Crippen LogP contribution < -0.4 is 10.6 Å². The summed E-state index contributed by atoms with van der Waals surface area (Å²) in [7, 11) is 1.55. The molecule has 0 spiro atoms. The van der Waals surface area contributed by atoms with Crippen LogP contribution in [0.15, 0.2) is 16.8 Å². The summed E-state index contributed by atoms with van der Waals surface area (Å²) >= 11 is 1.65. The molecule has 2 amide bonds. The van der Waals surface area contributed by atoms with Gasteiger partial charge in [-0.25, -0.2) is 0 Å². The van der Waals surface area contributed by atoms with Gasteiger partial charge >= 0.3 is 11.8 Å². The van der Waals surface area contributed by atoms with Crippen molar-refractivity contribution < 1.29 is 14.3 Å². The maximum Gasteiger partial charge on any atom is 0.309 e. The first-order valence-corrected chi connectivity index (χ1v) is 8.47. The number of ether oxygens (including phenoxy) is 1. The number of thiophene rings is 1. The molecule has 22 heavy (non-hydrogen) atoms. The number of amides is 2. The predicted molar refractivity (Wildman–Crippen MR) is 85.8 cm³/mol. The average molecular weight is 325 g/mol. The van der Waals surface area contributed by atoms with Gasteiger partial charge in [0.25, 0.3) is 0 Å². The molecule has 1 atom stereocenters. The molecule has 7 heteroatoms. The van der Waals surface area contributed by atoms with E-state index in [2.05, 4.69) is 27.0 Å². The van der Waals surface area contributed by atoms with Gasteiger partial charge in [0.15, 0.2) is 0 Å². The van der Waals surface area contributed by atoms with Gasteiger partial charge in [0.2, 0.25) is 0 Å². The van der Waals surface area contributed by atoms with Crippen LogP contribution in [-0.4, -0.2) is 56.6 Å². The van der Waals surface area contributed by atoms with E-state index in [1.54, 1.807) is 18.4 Å². The quantitative estimate of drug-likeness (QED) is 0.574. The smallest absolute Gasteiger partial charge is 0.309 e. The van der Waals surface area contributed by atoms with Crippen LogP contribution in [0, 0.1) is 0 Å². The van der Waals surface area contributed by atoms with Gasteiger partial charge in [-0.3, -0.25) is 14.5 Å². The van der Waals surface area contributed by atoms with E-state index in [4.69, 9.17) is 4.74 Å². The molecule has 0 aliphatic carbocycles. The van der Waals surface area contributed by atoms with E-state index < -0.39 is 11.8 Å². The van der Waals surface area contributed by atoms with Crippen molar-refractivity contribution in [2.75, 3.05) is 39.9 Å². The highest BCUT2D eigenvalue weighted by molar-refractivity contribution is 7.07. The van der Waals surface area contributed by atoms with Crippen LogP contribution in [0.25, 0.3) is 0 Å². The second-order valence-electron chi connectivity index (χ2n) is 5.27. The summed E-state index contributed by atoms with van der Waals surface area (Å²) in [5.41, 5.74) is 1.20. The van der Waals surface area contributed by atoms with Gasteiger partial charge < -0.3 is 15.4 Å². The van der Waals surface area contributed by atoms with Gasteiger partial charge in [-0.05, 0) is 48.3 Å². The van der Waals surface area contributed by atoms with Crippen LogP contribution in [0.4, 0.5) is 0 Å². The van der Waals surface area contributed by atoms with Crippen LogP contribution in [-0.2, 0) is 14.3 Å². The largest absolute Gasteiger partial charge is 0.383 e. The highest BCUT2D eigenvalue weighted by Gasteiger charge is 2.25. The predicted octanol–water partition coefficient (Wildman–Crippen LogP) is 0.764. The second kappa shape index (κ2) is 8.87. The van der Waals surface area contributed by atoms with Crippen molar-refractivity contribution in [3.63, 3.8) is 0 Å². The number of hydrogen-bond acceptors (Lipinski definition) is 5. The summed E-state index contributed by atoms with van der Waals surface area (Å²) in [5.74, 6) is -1.20. The first kappa shape index (κ1) is 16.9. The summed E-state index contributed by atoms with van der Waals surface area (Å²) in [6.45, 7) is 3.26. The molecular weight excluding hydrogens is 302 g/mol. The minimum absolute atomic E-state index is 0.143. The van der Waals surface area contributed by atoms with Crippen molar-refractivity contribution in [1.29, 1.82) is 0 Å². The summed E-state index contributed by atoms with van der Waals surface area (Å²) in [5, 5.41) is 9.41. The first-order chi connectivity index (χ1) is 10.7. The Morgan fingerprint density at radius 2 is 2.05 bits per heavy atom. The van der Waals surface area contributed by atoms with E-state index in [0.29, 0.717) is 19.7 Å². The van der Waals surface area contributed by atoms with Crippen molar-refractivity contribution in [3.05, 3.63) is 22.4 Å². The Balaban J connectivity index is 1.85. The highest BCUT2D eigenvalue weighted by Crippen LogP contribution is 2.26. The van der Waals surface area contributed by atoms with Crippen LogP contribution in [0.1, 0.15) is 24.4 Å². The number of carbonyl (C=O) groups is 2. The fourth-order valence-electron chi connectivity index (χ4n) is 2.59. The maximum atomic E-state index is 11.8. The molecule has 1 saturated heterocycles. The standard InChI is InChI=1S/C15H23N3O3S/c1-21-8-5-16-14(19)15(20)17-10-13(12-4-9-22-11-12)18-6-2-3-7-18/h4,9,11,13H,2-3,5-8,10H2,1H3,(H,16,19)(H,17,20). The van der Waals surface area contributed by atoms with E-state index in [9.17, 15) is 9.59 Å². The lowest BCUT2D eigenvalue weighted by atomic mass is 10.1. The fourth-order valence-corrected chi connectivity index (χ4v) is 3.30. The lowest BCUT2D eigenvalue weighted by molar-refractivity contribution is -0.139. The third-order valence-electron chi connectivity index (χ3n) is 3.76. The Kier molecular flexibility index (Phi) is 6.82. The number of hydrogen-bond donors (Lipinski definition) is 2. The van der Waals surface area contributed by atoms with Gasteiger partial charge in [-0.2, -0.15) is 11.3 Å². The summed E-state index contributed by atoms with van der Waals surface area (Å²) < 4.78 is 4.83. The minimum atomic E-state index is -0.609. The molecule has 1 aromatic rings.